The van der Waals surface area contributed by atoms with Gasteiger partial charge in [0.15, 0.2) is 0 Å². The molecule has 0 amide bonds. The van der Waals surface area contributed by atoms with Gasteiger partial charge in [0.2, 0.25) is 0 Å². The maximum Gasteiger partial charge on any atom is 0.328 e. The Morgan fingerprint density at radius 2 is 2.15 bits per heavy atom. The van der Waals surface area contributed by atoms with Crippen LogP contribution in [0.5, 0.6) is 5.75 Å². The maximum absolute atomic E-state index is 10.3. The van der Waals surface area contributed by atoms with E-state index < -0.39 is 5.97 Å². The maximum atomic E-state index is 10.3. The van der Waals surface area contributed by atoms with Crippen LogP contribution in [0.15, 0.2) is 30.3 Å². The molecule has 0 saturated heterocycles. The van der Waals surface area contributed by atoms with Gasteiger partial charge < -0.3 is 10.2 Å². The van der Waals surface area contributed by atoms with Crippen LogP contribution >= 0.6 is 0 Å². The summed E-state index contributed by atoms with van der Waals surface area (Å²) in [5.74, 6) is -0.850. The number of carboxylic acids is 1. The van der Waals surface area contributed by atoms with Gasteiger partial charge in [-0.2, -0.15) is 0 Å². The number of carboxylic acid groups (broad SMARTS) is 1. The van der Waals surface area contributed by atoms with Crippen LogP contribution in [0.2, 0.25) is 0 Å². The van der Waals surface area contributed by atoms with Gasteiger partial charge in [-0.3, -0.25) is 0 Å². The van der Waals surface area contributed by atoms with Gasteiger partial charge in [0.25, 0.3) is 0 Å². The number of carbonyl (C=O) groups is 1. The summed E-state index contributed by atoms with van der Waals surface area (Å²) >= 11 is 0. The van der Waals surface area contributed by atoms with Gasteiger partial charge in [-0.15, -0.1) is 0 Å². The third kappa shape index (κ3) is 2.63. The molecule has 0 fully saturated rings. The minimum Gasteiger partial charge on any atom is -0.508 e. The summed E-state index contributed by atoms with van der Waals surface area (Å²) in [4.78, 5) is 10.3. The molecule has 0 aromatic heterocycles. The molecule has 1 rings (SSSR count). The lowest BCUT2D eigenvalue weighted by Gasteiger charge is -2.00. The van der Waals surface area contributed by atoms with E-state index in [-0.39, 0.29) is 5.75 Å². The smallest absolute Gasteiger partial charge is 0.328 e. The SMILES string of the molecule is CC(=CC(=O)O)c1cccc(O)c1. The number of aliphatic carboxylic acids is 1. The molecule has 68 valence electrons. The summed E-state index contributed by atoms with van der Waals surface area (Å²) in [6.45, 7) is 1.68. The first-order valence-corrected chi connectivity index (χ1v) is 3.80. The number of phenolic OH excluding ortho intramolecular Hbond substituents is 1. The minimum atomic E-state index is -0.985. The molecular formula is C10H10O3. The van der Waals surface area contributed by atoms with E-state index in [2.05, 4.69) is 0 Å². The Balaban J connectivity index is 3.02. The zero-order valence-corrected chi connectivity index (χ0v) is 7.19. The van der Waals surface area contributed by atoms with Gasteiger partial charge in [-0.05, 0) is 30.2 Å². The molecule has 0 spiro atoms. The van der Waals surface area contributed by atoms with Crippen LogP contribution in [0.1, 0.15) is 12.5 Å². The van der Waals surface area contributed by atoms with E-state index in [4.69, 9.17) is 10.2 Å². The second kappa shape index (κ2) is 3.76. The van der Waals surface area contributed by atoms with Crippen molar-refractivity contribution >= 4 is 11.5 Å². The average Bonchev–Trinajstić information content (AvgIpc) is 2.03. The first-order valence-electron chi connectivity index (χ1n) is 3.80. The van der Waals surface area contributed by atoms with Crippen molar-refractivity contribution in [3.05, 3.63) is 35.9 Å². The zero-order valence-electron chi connectivity index (χ0n) is 7.19. The zero-order chi connectivity index (χ0) is 9.84. The summed E-state index contributed by atoms with van der Waals surface area (Å²) in [5.41, 5.74) is 1.32. The second-order valence-corrected chi connectivity index (χ2v) is 2.72. The summed E-state index contributed by atoms with van der Waals surface area (Å²) < 4.78 is 0. The van der Waals surface area contributed by atoms with E-state index in [1.165, 1.54) is 12.1 Å². The lowest BCUT2D eigenvalue weighted by atomic mass is 10.1. The second-order valence-electron chi connectivity index (χ2n) is 2.72. The molecule has 3 heteroatoms. The summed E-state index contributed by atoms with van der Waals surface area (Å²) in [5, 5.41) is 17.6. The number of hydrogen-bond donors (Lipinski definition) is 2. The molecule has 0 saturated carbocycles. The van der Waals surface area contributed by atoms with Crippen LogP contribution in [0, 0.1) is 0 Å². The van der Waals surface area contributed by atoms with Crippen LogP contribution in [0.4, 0.5) is 0 Å². The molecule has 0 aliphatic heterocycles. The van der Waals surface area contributed by atoms with E-state index in [0.717, 1.165) is 6.08 Å². The Morgan fingerprint density at radius 3 is 2.69 bits per heavy atom. The van der Waals surface area contributed by atoms with Gasteiger partial charge >= 0.3 is 5.97 Å². The van der Waals surface area contributed by atoms with E-state index in [1.807, 2.05) is 0 Å². The van der Waals surface area contributed by atoms with Gasteiger partial charge in [-0.25, -0.2) is 4.79 Å². The standard InChI is InChI=1S/C10H10O3/c1-7(5-10(12)13)8-3-2-4-9(11)6-8/h2-6,11H,1H3,(H,12,13). The molecule has 0 radical (unpaired) electrons. The minimum absolute atomic E-state index is 0.135. The number of phenols is 1. The van der Waals surface area contributed by atoms with E-state index >= 15 is 0 Å². The molecule has 2 N–H and O–H groups in total. The highest BCUT2D eigenvalue weighted by Gasteiger charge is 1.98. The lowest BCUT2D eigenvalue weighted by molar-refractivity contribution is -0.131. The molecule has 0 aliphatic carbocycles. The highest BCUT2D eigenvalue weighted by molar-refractivity contribution is 5.89. The summed E-state index contributed by atoms with van der Waals surface area (Å²) in [6.07, 6.45) is 1.11. The van der Waals surface area contributed by atoms with Gasteiger partial charge in [0.1, 0.15) is 5.75 Å². The van der Waals surface area contributed by atoms with Crippen molar-refractivity contribution < 1.29 is 15.0 Å². The molecule has 0 aliphatic rings. The molecule has 1 aromatic carbocycles. The van der Waals surface area contributed by atoms with Crippen molar-refractivity contribution in [1.82, 2.24) is 0 Å². The van der Waals surface area contributed by atoms with Crippen LogP contribution in [0.25, 0.3) is 5.57 Å². The van der Waals surface area contributed by atoms with E-state index in [9.17, 15) is 4.79 Å². The summed E-state index contributed by atoms with van der Waals surface area (Å²) in [6, 6.07) is 6.48. The molecule has 0 unspecified atom stereocenters. The van der Waals surface area contributed by atoms with E-state index in [1.54, 1.807) is 19.1 Å². The van der Waals surface area contributed by atoms with Crippen molar-refractivity contribution in [3.63, 3.8) is 0 Å². The number of aromatic hydroxyl groups is 1. The van der Waals surface area contributed by atoms with Crippen molar-refractivity contribution in [1.29, 1.82) is 0 Å². The predicted molar refractivity (Wildman–Crippen MR) is 49.4 cm³/mol. The summed E-state index contributed by atoms with van der Waals surface area (Å²) in [7, 11) is 0. The first kappa shape index (κ1) is 9.32. The highest BCUT2D eigenvalue weighted by atomic mass is 16.4. The Bertz CT molecular complexity index is 353. The molecule has 0 heterocycles. The van der Waals surface area contributed by atoms with Crippen molar-refractivity contribution in [2.45, 2.75) is 6.92 Å². The molecule has 0 atom stereocenters. The van der Waals surface area contributed by atoms with Gasteiger partial charge in [-0.1, -0.05) is 12.1 Å². The number of rotatable bonds is 2. The normalized spacial score (nSPS) is 11.3. The Hall–Kier alpha value is -1.77. The highest BCUT2D eigenvalue weighted by Crippen LogP contribution is 2.18. The molecule has 1 aromatic rings. The third-order valence-corrected chi connectivity index (χ3v) is 1.64. The number of allylic oxidation sites excluding steroid dienone is 1. The van der Waals surface area contributed by atoms with Crippen molar-refractivity contribution in [2.24, 2.45) is 0 Å². The van der Waals surface area contributed by atoms with Gasteiger partial charge in [0.05, 0.1) is 0 Å². The average molecular weight is 178 g/mol. The van der Waals surface area contributed by atoms with Crippen molar-refractivity contribution in [3.8, 4) is 5.75 Å². The predicted octanol–water partition coefficient (Wildman–Crippen LogP) is 1.88. The van der Waals surface area contributed by atoms with E-state index in [0.29, 0.717) is 11.1 Å². The lowest BCUT2D eigenvalue weighted by Crippen LogP contribution is -1.89. The number of benzene rings is 1. The van der Waals surface area contributed by atoms with Gasteiger partial charge in [0, 0.05) is 6.08 Å². The third-order valence-electron chi connectivity index (χ3n) is 1.64. The fraction of sp³-hybridized carbons (Fsp3) is 0.100. The fourth-order valence-corrected chi connectivity index (χ4v) is 1.02. The Morgan fingerprint density at radius 1 is 1.46 bits per heavy atom. The molecular weight excluding hydrogens is 168 g/mol. The van der Waals surface area contributed by atoms with Crippen LogP contribution in [-0.2, 0) is 4.79 Å². The molecule has 3 nitrogen and oxygen atoms in total. The molecule has 0 bridgehead atoms. The Kier molecular flexibility index (Phi) is 2.69. The largest absolute Gasteiger partial charge is 0.508 e. The topological polar surface area (TPSA) is 57.5 Å². The van der Waals surface area contributed by atoms with Crippen molar-refractivity contribution in [2.75, 3.05) is 0 Å². The Labute approximate surface area is 76.0 Å². The van der Waals surface area contributed by atoms with Crippen LogP contribution < -0.4 is 0 Å². The van der Waals surface area contributed by atoms with Crippen LogP contribution in [0.3, 0.4) is 0 Å². The first-order chi connectivity index (χ1) is 6.09. The molecule has 13 heavy (non-hydrogen) atoms. The monoisotopic (exact) mass is 178 g/mol. The fourth-order valence-electron chi connectivity index (χ4n) is 1.02. The quantitative estimate of drug-likeness (QED) is 0.680. The number of hydrogen-bond acceptors (Lipinski definition) is 2. The van der Waals surface area contributed by atoms with Crippen LogP contribution in [-0.4, -0.2) is 16.2 Å².